The quantitative estimate of drug-likeness (QED) is 0.149. The highest BCUT2D eigenvalue weighted by Crippen LogP contribution is 2.60. The van der Waals surface area contributed by atoms with Crippen molar-refractivity contribution in [3.63, 3.8) is 0 Å². The summed E-state index contributed by atoms with van der Waals surface area (Å²) in [5.41, 5.74) is 0.551. The van der Waals surface area contributed by atoms with Crippen molar-refractivity contribution in [3.8, 4) is 5.75 Å². The molecule has 4 rings (SSSR count). The molecule has 5 nitrogen and oxygen atoms in total. The lowest BCUT2D eigenvalue weighted by Crippen LogP contribution is -2.37. The van der Waals surface area contributed by atoms with Crippen LogP contribution in [0.5, 0.6) is 5.75 Å². The Hall–Kier alpha value is -1.21. The number of hydrogen-bond donors (Lipinski definition) is 0. The van der Waals surface area contributed by atoms with Crippen LogP contribution in [0.3, 0.4) is 0 Å². The fraction of sp³-hybridized carbons (Fsp3) is 0.609. The third-order valence-corrected chi connectivity index (χ3v) is 10.0. The maximum Gasteiger partial charge on any atom is 0.311 e. The van der Waals surface area contributed by atoms with Gasteiger partial charge in [-0.15, -0.1) is 0 Å². The van der Waals surface area contributed by atoms with Gasteiger partial charge >= 0.3 is 5.97 Å². The highest BCUT2D eigenvalue weighted by Gasteiger charge is 2.66. The van der Waals surface area contributed by atoms with Gasteiger partial charge in [0.2, 0.25) is 11.8 Å². The van der Waals surface area contributed by atoms with Crippen molar-refractivity contribution in [2.75, 3.05) is 4.90 Å². The number of ether oxygens (including phenoxy) is 1. The number of nitrogens with zero attached hydrogens (tertiary/aromatic N) is 1. The Morgan fingerprint density at radius 2 is 1.53 bits per heavy atom. The Morgan fingerprint density at radius 3 is 2.10 bits per heavy atom. The molecular formula is C23H27Br2NO4. The van der Waals surface area contributed by atoms with Crippen LogP contribution in [0.15, 0.2) is 24.3 Å². The number of imide groups is 1. The van der Waals surface area contributed by atoms with E-state index in [2.05, 4.69) is 38.8 Å². The molecule has 0 N–H and O–H groups in total. The van der Waals surface area contributed by atoms with Crippen LogP contribution in [0.1, 0.15) is 51.9 Å². The maximum absolute atomic E-state index is 13.1. The Balaban J connectivity index is 1.37. The number of alkyl halides is 2. The van der Waals surface area contributed by atoms with Gasteiger partial charge in [-0.1, -0.05) is 64.5 Å². The lowest BCUT2D eigenvalue weighted by Gasteiger charge is -2.28. The van der Waals surface area contributed by atoms with E-state index in [0.29, 0.717) is 17.9 Å². The molecule has 1 aromatic carbocycles. The van der Waals surface area contributed by atoms with E-state index in [1.54, 1.807) is 24.3 Å². The zero-order valence-corrected chi connectivity index (χ0v) is 20.2. The molecule has 2 bridgehead atoms. The molecule has 2 saturated carbocycles. The van der Waals surface area contributed by atoms with Crippen molar-refractivity contribution in [2.45, 2.75) is 61.5 Å². The first-order chi connectivity index (χ1) is 14.4. The first-order valence-electron chi connectivity index (χ1n) is 10.9. The van der Waals surface area contributed by atoms with Gasteiger partial charge in [0.05, 0.1) is 17.5 Å². The van der Waals surface area contributed by atoms with E-state index in [0.717, 1.165) is 25.7 Å². The second-order valence-corrected chi connectivity index (χ2v) is 10.8. The van der Waals surface area contributed by atoms with Crippen molar-refractivity contribution in [2.24, 2.45) is 23.7 Å². The fourth-order valence-electron chi connectivity index (χ4n) is 5.32. The van der Waals surface area contributed by atoms with E-state index < -0.39 is 0 Å². The van der Waals surface area contributed by atoms with Gasteiger partial charge in [0.15, 0.2) is 0 Å². The van der Waals surface area contributed by atoms with Gasteiger partial charge in [0, 0.05) is 16.1 Å². The fourth-order valence-corrected chi connectivity index (χ4v) is 7.20. The lowest BCUT2D eigenvalue weighted by molar-refractivity contribution is -0.134. The summed E-state index contributed by atoms with van der Waals surface area (Å²) >= 11 is 7.41. The summed E-state index contributed by atoms with van der Waals surface area (Å²) in [6, 6.07) is 6.71. The van der Waals surface area contributed by atoms with Crippen molar-refractivity contribution in [1.29, 1.82) is 0 Å². The number of esters is 1. The van der Waals surface area contributed by atoms with Gasteiger partial charge in [0.25, 0.3) is 0 Å². The molecular weight excluding hydrogens is 514 g/mol. The molecule has 1 heterocycles. The first kappa shape index (κ1) is 22.0. The van der Waals surface area contributed by atoms with Gasteiger partial charge < -0.3 is 4.74 Å². The van der Waals surface area contributed by atoms with Gasteiger partial charge in [-0.25, -0.2) is 0 Å². The zero-order chi connectivity index (χ0) is 21.4. The van der Waals surface area contributed by atoms with Crippen LogP contribution < -0.4 is 9.64 Å². The SMILES string of the molecule is CCCCCCCC(=O)Oc1ccc(N2C(=O)[C@H]3[C@@H]4C[C@H]([C@@H](Br)[C@H]4Br)[C@@H]3C2=O)cc1. The minimum atomic E-state index is -0.245. The number of carbonyl (C=O) groups is 3. The Bertz CT molecular complexity index is 795. The van der Waals surface area contributed by atoms with E-state index in [9.17, 15) is 14.4 Å². The van der Waals surface area contributed by atoms with Crippen LogP contribution in [-0.2, 0) is 14.4 Å². The standard InChI is InChI=1S/C23H27Br2NO4/c1-2-3-4-5-6-7-17(27)30-14-10-8-13(9-11-14)26-22(28)18-15-12-16(19(18)23(26)29)21(25)20(15)24/h8-11,15-16,18-21H,2-7,12H2,1H3/t15-,16-,18-,19-,20-,21+/m0/s1. The summed E-state index contributed by atoms with van der Waals surface area (Å²) in [6.45, 7) is 2.16. The number of unbranched alkanes of at least 4 members (excludes halogenated alkanes) is 4. The predicted molar refractivity (Wildman–Crippen MR) is 122 cm³/mol. The monoisotopic (exact) mass is 539 g/mol. The molecule has 2 aliphatic carbocycles. The molecule has 1 aromatic rings. The number of rotatable bonds is 8. The van der Waals surface area contributed by atoms with E-state index >= 15 is 0 Å². The second kappa shape index (κ2) is 9.11. The molecule has 0 unspecified atom stereocenters. The first-order valence-corrected chi connectivity index (χ1v) is 12.7. The number of anilines is 1. The van der Waals surface area contributed by atoms with Crippen molar-refractivity contribution >= 4 is 55.3 Å². The topological polar surface area (TPSA) is 63.7 Å². The van der Waals surface area contributed by atoms with Crippen LogP contribution in [-0.4, -0.2) is 27.4 Å². The van der Waals surface area contributed by atoms with Crippen LogP contribution in [0.25, 0.3) is 0 Å². The average Bonchev–Trinajstić information content (AvgIpc) is 3.33. The van der Waals surface area contributed by atoms with E-state index in [-0.39, 0.29) is 51.1 Å². The predicted octanol–water partition coefficient (Wildman–Crippen LogP) is 5.23. The van der Waals surface area contributed by atoms with Crippen LogP contribution in [0.4, 0.5) is 5.69 Å². The minimum Gasteiger partial charge on any atom is -0.427 e. The molecule has 1 aliphatic heterocycles. The molecule has 1 saturated heterocycles. The summed E-state index contributed by atoms with van der Waals surface area (Å²) in [5.74, 6) is -0.0667. The van der Waals surface area contributed by atoms with Crippen molar-refractivity contribution in [3.05, 3.63) is 24.3 Å². The molecule has 162 valence electrons. The summed E-state index contributed by atoms with van der Waals surface area (Å²) in [5, 5.41) is 0. The normalized spacial score (nSPS) is 32.0. The second-order valence-electron chi connectivity index (χ2n) is 8.65. The smallest absolute Gasteiger partial charge is 0.311 e. The summed E-state index contributed by atoms with van der Waals surface area (Å²) in [7, 11) is 0. The number of carbonyl (C=O) groups excluding carboxylic acids is 3. The summed E-state index contributed by atoms with van der Waals surface area (Å²) in [4.78, 5) is 40.0. The van der Waals surface area contributed by atoms with E-state index in [4.69, 9.17) is 4.74 Å². The number of halogens is 2. The lowest BCUT2D eigenvalue weighted by atomic mass is 9.81. The molecule has 3 aliphatic rings. The molecule has 0 aromatic heterocycles. The van der Waals surface area contributed by atoms with E-state index in [1.165, 1.54) is 17.7 Å². The van der Waals surface area contributed by atoms with E-state index in [1.807, 2.05) is 0 Å². The number of hydrogen-bond acceptors (Lipinski definition) is 4. The van der Waals surface area contributed by atoms with Gasteiger partial charge in [0.1, 0.15) is 5.75 Å². The summed E-state index contributed by atoms with van der Waals surface area (Å²) in [6.07, 6.45) is 6.71. The highest BCUT2D eigenvalue weighted by atomic mass is 79.9. The third-order valence-electron chi connectivity index (χ3n) is 6.80. The van der Waals surface area contributed by atoms with Gasteiger partial charge in [-0.2, -0.15) is 0 Å². The largest absolute Gasteiger partial charge is 0.427 e. The maximum atomic E-state index is 13.1. The van der Waals surface area contributed by atoms with Crippen LogP contribution >= 0.6 is 31.9 Å². The number of amides is 2. The van der Waals surface area contributed by atoms with Crippen LogP contribution in [0.2, 0.25) is 0 Å². The molecule has 3 fully saturated rings. The molecule has 6 atom stereocenters. The number of fused-ring (bicyclic) bond motifs is 5. The Labute approximate surface area is 194 Å². The third kappa shape index (κ3) is 3.88. The molecule has 0 radical (unpaired) electrons. The number of benzene rings is 1. The molecule has 0 spiro atoms. The molecule has 2 amide bonds. The van der Waals surface area contributed by atoms with Crippen LogP contribution in [0, 0.1) is 23.7 Å². The van der Waals surface area contributed by atoms with Gasteiger partial charge in [-0.3, -0.25) is 19.3 Å². The average molecular weight is 541 g/mol. The Morgan fingerprint density at radius 1 is 0.967 bits per heavy atom. The minimum absolute atomic E-state index is 0.0989. The van der Waals surface area contributed by atoms with Crippen molar-refractivity contribution in [1.82, 2.24) is 0 Å². The molecule has 30 heavy (non-hydrogen) atoms. The Kier molecular flexibility index (Phi) is 6.68. The zero-order valence-electron chi connectivity index (χ0n) is 17.1. The van der Waals surface area contributed by atoms with Gasteiger partial charge in [-0.05, 0) is 48.9 Å². The molecule has 7 heteroatoms. The summed E-state index contributed by atoms with van der Waals surface area (Å²) < 4.78 is 5.40. The van der Waals surface area contributed by atoms with Crippen molar-refractivity contribution < 1.29 is 19.1 Å². The highest BCUT2D eigenvalue weighted by molar-refractivity contribution is 9.12.